The summed E-state index contributed by atoms with van der Waals surface area (Å²) < 4.78 is 5.10. The van der Waals surface area contributed by atoms with E-state index < -0.39 is 23.5 Å². The quantitative estimate of drug-likeness (QED) is 0.492. The van der Waals surface area contributed by atoms with E-state index in [0.717, 1.165) is 5.57 Å². The number of carboxylic acids is 1. The van der Waals surface area contributed by atoms with E-state index in [2.05, 4.69) is 6.58 Å². The predicted octanol–water partition coefficient (Wildman–Crippen LogP) is 2.51. The second-order valence-corrected chi connectivity index (χ2v) is 6.53. The van der Waals surface area contributed by atoms with Crippen LogP contribution in [0.3, 0.4) is 0 Å². The molecule has 0 heterocycles. The highest BCUT2D eigenvalue weighted by Gasteiger charge is 2.49. The van der Waals surface area contributed by atoms with Crippen molar-refractivity contribution in [1.82, 2.24) is 0 Å². The number of hydrogen-bond acceptors (Lipinski definition) is 4. The summed E-state index contributed by atoms with van der Waals surface area (Å²) in [4.78, 5) is 34.8. The summed E-state index contributed by atoms with van der Waals surface area (Å²) in [6.07, 6.45) is 2.92. The molecule has 0 aromatic carbocycles. The standard InChI is InChI=1S/C17H22O5/c1-9(16(20)21)12-5-6-13-7-14(22-11(3)18)15(19)10(2)17(13,4)8-12/h7,10,12,14H,1,5-6,8H2,2-4H3,(H,20,21)/t10-,12+,14-,17+/m0/s1. The smallest absolute Gasteiger partial charge is 0.331 e. The monoisotopic (exact) mass is 306 g/mol. The van der Waals surface area contributed by atoms with Crippen LogP contribution in [0.5, 0.6) is 0 Å². The molecule has 0 aromatic rings. The van der Waals surface area contributed by atoms with Crippen LogP contribution in [-0.4, -0.2) is 28.9 Å². The van der Waals surface area contributed by atoms with Gasteiger partial charge in [-0.15, -0.1) is 0 Å². The SMILES string of the molecule is C=C(C(=O)O)[C@@H]1CCC2=C[C@H](OC(C)=O)C(=O)[C@H](C)[C@@]2(C)C1. The van der Waals surface area contributed by atoms with E-state index in [1.165, 1.54) is 6.92 Å². The summed E-state index contributed by atoms with van der Waals surface area (Å²) in [5.41, 5.74) is 0.900. The third kappa shape index (κ3) is 2.72. The molecular formula is C17H22O5. The first-order chi connectivity index (χ1) is 10.2. The van der Waals surface area contributed by atoms with Gasteiger partial charge >= 0.3 is 11.9 Å². The highest BCUT2D eigenvalue weighted by molar-refractivity contribution is 5.91. The van der Waals surface area contributed by atoms with Crippen LogP contribution in [0.4, 0.5) is 0 Å². The van der Waals surface area contributed by atoms with Gasteiger partial charge in [0, 0.05) is 18.4 Å². The number of ketones is 1. The summed E-state index contributed by atoms with van der Waals surface area (Å²) in [6, 6.07) is 0. The Kier molecular flexibility index (Phi) is 4.27. The maximum atomic E-state index is 12.5. The maximum absolute atomic E-state index is 12.5. The third-order valence-corrected chi connectivity index (χ3v) is 5.24. The minimum atomic E-state index is -0.978. The Balaban J connectivity index is 2.30. The average Bonchev–Trinajstić information content (AvgIpc) is 2.44. The molecule has 0 saturated heterocycles. The van der Waals surface area contributed by atoms with Gasteiger partial charge in [0.25, 0.3) is 0 Å². The lowest BCUT2D eigenvalue weighted by molar-refractivity contribution is -0.154. The molecule has 0 radical (unpaired) electrons. The topological polar surface area (TPSA) is 80.7 Å². The van der Waals surface area contributed by atoms with Crippen molar-refractivity contribution in [3.63, 3.8) is 0 Å². The van der Waals surface area contributed by atoms with Gasteiger partial charge in [0.2, 0.25) is 0 Å². The molecule has 2 aliphatic carbocycles. The number of hydrogen-bond donors (Lipinski definition) is 1. The Hall–Kier alpha value is -1.91. The van der Waals surface area contributed by atoms with Gasteiger partial charge in [-0.2, -0.15) is 0 Å². The van der Waals surface area contributed by atoms with E-state index in [-0.39, 0.29) is 23.2 Å². The number of carboxylic acid groups (broad SMARTS) is 1. The van der Waals surface area contributed by atoms with Gasteiger partial charge < -0.3 is 9.84 Å². The molecule has 0 spiro atoms. The Labute approximate surface area is 130 Å². The van der Waals surface area contributed by atoms with E-state index in [0.29, 0.717) is 19.3 Å². The van der Waals surface area contributed by atoms with Gasteiger partial charge in [0.15, 0.2) is 11.9 Å². The van der Waals surface area contributed by atoms with Crippen LogP contribution in [0.25, 0.3) is 0 Å². The molecule has 120 valence electrons. The summed E-state index contributed by atoms with van der Waals surface area (Å²) in [7, 11) is 0. The summed E-state index contributed by atoms with van der Waals surface area (Å²) >= 11 is 0. The molecule has 0 aliphatic heterocycles. The molecule has 5 nitrogen and oxygen atoms in total. The molecule has 0 bridgehead atoms. The van der Waals surface area contributed by atoms with Crippen molar-refractivity contribution in [1.29, 1.82) is 0 Å². The number of ether oxygens (including phenoxy) is 1. The zero-order chi connectivity index (χ0) is 16.7. The minimum Gasteiger partial charge on any atom is -0.478 e. The molecule has 0 aromatic heterocycles. The normalized spacial score (nSPS) is 34.4. The van der Waals surface area contributed by atoms with E-state index in [4.69, 9.17) is 9.84 Å². The van der Waals surface area contributed by atoms with E-state index in [1.54, 1.807) is 6.08 Å². The Morgan fingerprint density at radius 2 is 2.09 bits per heavy atom. The molecule has 2 rings (SSSR count). The van der Waals surface area contributed by atoms with Gasteiger partial charge in [0.05, 0.1) is 0 Å². The first-order valence-corrected chi connectivity index (χ1v) is 7.51. The Morgan fingerprint density at radius 3 is 2.64 bits per heavy atom. The molecular weight excluding hydrogens is 284 g/mol. The zero-order valence-corrected chi connectivity index (χ0v) is 13.2. The second-order valence-electron chi connectivity index (χ2n) is 6.53. The number of carbonyl (C=O) groups is 3. The van der Waals surface area contributed by atoms with E-state index in [9.17, 15) is 14.4 Å². The van der Waals surface area contributed by atoms with Crippen molar-refractivity contribution >= 4 is 17.7 Å². The molecule has 0 amide bonds. The van der Waals surface area contributed by atoms with Crippen LogP contribution in [0.2, 0.25) is 0 Å². The highest BCUT2D eigenvalue weighted by Crippen LogP contribution is 2.52. The van der Waals surface area contributed by atoms with Gasteiger partial charge in [-0.1, -0.05) is 26.0 Å². The number of allylic oxidation sites excluding steroid dienone is 1. The highest BCUT2D eigenvalue weighted by atomic mass is 16.5. The maximum Gasteiger partial charge on any atom is 0.331 e. The Bertz CT molecular complexity index is 574. The fraction of sp³-hybridized carbons (Fsp3) is 0.588. The van der Waals surface area contributed by atoms with Crippen LogP contribution in [0, 0.1) is 17.3 Å². The summed E-state index contributed by atoms with van der Waals surface area (Å²) in [5, 5.41) is 9.13. The lowest BCUT2D eigenvalue weighted by Crippen LogP contribution is -2.47. The van der Waals surface area contributed by atoms with Crippen LogP contribution < -0.4 is 0 Å². The van der Waals surface area contributed by atoms with Gasteiger partial charge in [0.1, 0.15) is 0 Å². The van der Waals surface area contributed by atoms with Crippen molar-refractivity contribution in [2.24, 2.45) is 17.3 Å². The second kappa shape index (κ2) is 5.71. The van der Waals surface area contributed by atoms with Crippen LogP contribution in [-0.2, 0) is 19.1 Å². The first-order valence-electron chi connectivity index (χ1n) is 7.51. The van der Waals surface area contributed by atoms with Crippen molar-refractivity contribution in [2.45, 2.75) is 46.1 Å². The zero-order valence-electron chi connectivity index (χ0n) is 13.2. The number of esters is 1. The molecule has 1 saturated carbocycles. The fourth-order valence-electron chi connectivity index (χ4n) is 3.66. The van der Waals surface area contributed by atoms with E-state index >= 15 is 0 Å². The molecule has 1 fully saturated rings. The van der Waals surface area contributed by atoms with Crippen LogP contribution in [0.15, 0.2) is 23.8 Å². The number of Topliss-reactive ketones (excluding diaryl/α,β-unsaturated/α-hetero) is 1. The minimum absolute atomic E-state index is 0.122. The number of rotatable bonds is 3. The lowest BCUT2D eigenvalue weighted by Gasteiger charge is -2.47. The number of fused-ring (bicyclic) bond motifs is 1. The van der Waals surface area contributed by atoms with Crippen LogP contribution >= 0.6 is 0 Å². The first kappa shape index (κ1) is 16.5. The van der Waals surface area contributed by atoms with Gasteiger partial charge in [-0.05, 0) is 36.7 Å². The molecule has 22 heavy (non-hydrogen) atoms. The van der Waals surface area contributed by atoms with Crippen molar-refractivity contribution in [2.75, 3.05) is 0 Å². The number of aliphatic carboxylic acids is 1. The van der Waals surface area contributed by atoms with Gasteiger partial charge in [-0.25, -0.2) is 4.79 Å². The number of carbonyl (C=O) groups excluding carboxylic acids is 2. The molecule has 1 N–H and O–H groups in total. The molecule has 5 heteroatoms. The van der Waals surface area contributed by atoms with Crippen LogP contribution in [0.1, 0.15) is 40.0 Å². The average molecular weight is 306 g/mol. The molecule has 0 unspecified atom stereocenters. The van der Waals surface area contributed by atoms with Crippen molar-refractivity contribution in [3.8, 4) is 0 Å². The van der Waals surface area contributed by atoms with Crippen molar-refractivity contribution < 1.29 is 24.2 Å². The summed E-state index contributed by atoms with van der Waals surface area (Å²) in [6.45, 7) is 8.79. The fourth-order valence-corrected chi connectivity index (χ4v) is 3.66. The Morgan fingerprint density at radius 1 is 1.45 bits per heavy atom. The predicted molar refractivity (Wildman–Crippen MR) is 80.0 cm³/mol. The van der Waals surface area contributed by atoms with Crippen molar-refractivity contribution in [3.05, 3.63) is 23.8 Å². The molecule has 4 atom stereocenters. The summed E-state index contributed by atoms with van der Waals surface area (Å²) in [5.74, 6) is -2.02. The van der Waals surface area contributed by atoms with E-state index in [1.807, 2.05) is 13.8 Å². The molecule has 2 aliphatic rings. The third-order valence-electron chi connectivity index (χ3n) is 5.24. The largest absolute Gasteiger partial charge is 0.478 e. The lowest BCUT2D eigenvalue weighted by atomic mass is 9.57. The van der Waals surface area contributed by atoms with Gasteiger partial charge in [-0.3, -0.25) is 9.59 Å².